The van der Waals surface area contributed by atoms with Crippen LogP contribution in [0.1, 0.15) is 25.0 Å². The molecule has 4 nitrogen and oxygen atoms in total. The zero-order valence-electron chi connectivity index (χ0n) is 14.8. The molecule has 0 radical (unpaired) electrons. The van der Waals surface area contributed by atoms with E-state index >= 15 is 0 Å². The van der Waals surface area contributed by atoms with E-state index < -0.39 is 0 Å². The van der Waals surface area contributed by atoms with E-state index in [2.05, 4.69) is 16.9 Å². The van der Waals surface area contributed by atoms with Crippen LogP contribution in [0.4, 0.5) is 0 Å². The molecular weight excluding hydrogens is 324 g/mol. The number of ether oxygens (including phenoxy) is 2. The molecule has 24 heavy (non-hydrogen) atoms. The van der Waals surface area contributed by atoms with Crippen LogP contribution in [0.15, 0.2) is 36.7 Å². The van der Waals surface area contributed by atoms with Gasteiger partial charge >= 0.3 is 0 Å². The summed E-state index contributed by atoms with van der Waals surface area (Å²) in [5.41, 5.74) is 2.31. The van der Waals surface area contributed by atoms with E-state index in [-0.39, 0.29) is 6.10 Å². The van der Waals surface area contributed by atoms with Gasteiger partial charge in [-0.1, -0.05) is 11.6 Å². The van der Waals surface area contributed by atoms with Gasteiger partial charge in [-0.05, 0) is 56.6 Å². The second-order valence-electron chi connectivity index (χ2n) is 6.10. The Morgan fingerprint density at radius 3 is 2.50 bits per heavy atom. The number of hydrogen-bond acceptors (Lipinski definition) is 4. The summed E-state index contributed by atoms with van der Waals surface area (Å²) in [6.07, 6.45) is 4.70. The molecule has 0 unspecified atom stereocenters. The summed E-state index contributed by atoms with van der Waals surface area (Å²) in [6.45, 7) is 5.65. The molecule has 0 aliphatic heterocycles. The fourth-order valence-corrected chi connectivity index (χ4v) is 2.66. The molecule has 0 aliphatic carbocycles. The van der Waals surface area contributed by atoms with Crippen LogP contribution in [0.3, 0.4) is 0 Å². The maximum Gasteiger partial charge on any atom is 0.163 e. The van der Waals surface area contributed by atoms with Crippen LogP contribution in [-0.4, -0.2) is 36.7 Å². The van der Waals surface area contributed by atoms with E-state index in [0.29, 0.717) is 16.5 Å². The fraction of sp³-hybridized carbons (Fsp3) is 0.421. The number of pyridine rings is 1. The maximum absolute atomic E-state index is 6.43. The zero-order valence-corrected chi connectivity index (χ0v) is 15.5. The smallest absolute Gasteiger partial charge is 0.163 e. The van der Waals surface area contributed by atoms with Crippen LogP contribution in [0, 0.1) is 0 Å². The molecule has 1 aromatic heterocycles. The first-order chi connectivity index (χ1) is 11.5. The van der Waals surface area contributed by atoms with Crippen molar-refractivity contribution in [3.63, 3.8) is 0 Å². The van der Waals surface area contributed by atoms with Gasteiger partial charge in [0.25, 0.3) is 0 Å². The molecule has 130 valence electrons. The summed E-state index contributed by atoms with van der Waals surface area (Å²) in [6, 6.07) is 7.89. The predicted molar refractivity (Wildman–Crippen MR) is 98.0 cm³/mol. The van der Waals surface area contributed by atoms with Gasteiger partial charge in [0.05, 0.1) is 13.2 Å². The first kappa shape index (κ1) is 18.6. The third kappa shape index (κ3) is 5.39. The van der Waals surface area contributed by atoms with Crippen molar-refractivity contribution < 1.29 is 9.47 Å². The Bertz CT molecular complexity index is 647. The Kier molecular flexibility index (Phi) is 6.88. The van der Waals surface area contributed by atoms with Gasteiger partial charge in [0.2, 0.25) is 0 Å². The standard InChI is InChI=1S/C19H25ClN2O2/c1-14(2)24-19-12-17(20)16(11-18(19)23-4)13-22(3)10-7-15-5-8-21-9-6-15/h5-6,8-9,11-12,14H,7,10,13H2,1-4H3. The van der Waals surface area contributed by atoms with Crippen molar-refractivity contribution in [2.75, 3.05) is 20.7 Å². The second-order valence-corrected chi connectivity index (χ2v) is 6.51. The molecule has 1 heterocycles. The molecule has 0 fully saturated rings. The highest BCUT2D eigenvalue weighted by atomic mass is 35.5. The lowest BCUT2D eigenvalue weighted by molar-refractivity contribution is 0.230. The molecule has 5 heteroatoms. The minimum absolute atomic E-state index is 0.0730. The highest BCUT2D eigenvalue weighted by Gasteiger charge is 2.13. The van der Waals surface area contributed by atoms with Crippen LogP contribution in [0.25, 0.3) is 0 Å². The number of halogens is 1. The molecule has 0 saturated carbocycles. The number of methoxy groups -OCH3 is 1. The van der Waals surface area contributed by atoms with E-state index in [1.54, 1.807) is 7.11 Å². The average Bonchev–Trinajstić information content (AvgIpc) is 2.56. The quantitative estimate of drug-likeness (QED) is 0.716. The third-order valence-corrected chi connectivity index (χ3v) is 4.02. The van der Waals surface area contributed by atoms with Crippen molar-refractivity contribution in [2.24, 2.45) is 0 Å². The fourth-order valence-electron chi connectivity index (χ4n) is 2.44. The topological polar surface area (TPSA) is 34.6 Å². The minimum atomic E-state index is 0.0730. The van der Waals surface area contributed by atoms with Crippen LogP contribution in [0.2, 0.25) is 5.02 Å². The summed E-state index contributed by atoms with van der Waals surface area (Å²) >= 11 is 6.43. The number of benzene rings is 1. The highest BCUT2D eigenvalue weighted by molar-refractivity contribution is 6.31. The molecule has 0 atom stereocenters. The van der Waals surface area contributed by atoms with Crippen LogP contribution >= 0.6 is 11.6 Å². The lowest BCUT2D eigenvalue weighted by atomic mass is 10.1. The van der Waals surface area contributed by atoms with Gasteiger partial charge in [-0.15, -0.1) is 0 Å². The van der Waals surface area contributed by atoms with Gasteiger partial charge in [-0.25, -0.2) is 0 Å². The summed E-state index contributed by atoms with van der Waals surface area (Å²) in [5, 5.41) is 0.696. The predicted octanol–water partition coefficient (Wildman–Crippen LogP) is 4.21. The molecule has 0 spiro atoms. The van der Waals surface area contributed by atoms with Crippen molar-refractivity contribution in [3.8, 4) is 11.5 Å². The molecule has 0 amide bonds. The van der Waals surface area contributed by atoms with Gasteiger partial charge in [0.1, 0.15) is 0 Å². The number of hydrogen-bond donors (Lipinski definition) is 0. The minimum Gasteiger partial charge on any atom is -0.493 e. The average molecular weight is 349 g/mol. The van der Waals surface area contributed by atoms with Crippen molar-refractivity contribution >= 4 is 11.6 Å². The molecule has 2 rings (SSSR count). The second kappa shape index (κ2) is 8.90. The Labute approximate surface area is 149 Å². The zero-order chi connectivity index (χ0) is 17.5. The molecule has 0 bridgehead atoms. The monoisotopic (exact) mass is 348 g/mol. The lowest BCUT2D eigenvalue weighted by Crippen LogP contribution is -2.21. The Hall–Kier alpha value is -1.78. The number of rotatable bonds is 8. The molecule has 0 aliphatic rings. The van der Waals surface area contributed by atoms with Gasteiger partial charge in [-0.2, -0.15) is 0 Å². The van der Waals surface area contributed by atoms with E-state index in [1.165, 1.54) is 5.56 Å². The molecule has 0 N–H and O–H groups in total. The summed E-state index contributed by atoms with van der Waals surface area (Å²) in [5.74, 6) is 1.39. The lowest BCUT2D eigenvalue weighted by Gasteiger charge is -2.20. The van der Waals surface area contributed by atoms with Crippen molar-refractivity contribution in [1.82, 2.24) is 9.88 Å². The number of aromatic nitrogens is 1. The van der Waals surface area contributed by atoms with Gasteiger partial charge in [0.15, 0.2) is 11.5 Å². The van der Waals surface area contributed by atoms with Gasteiger partial charge in [0, 0.05) is 36.6 Å². The van der Waals surface area contributed by atoms with E-state index in [0.717, 1.165) is 25.1 Å². The molecule has 2 aromatic rings. The van der Waals surface area contributed by atoms with Crippen molar-refractivity contribution in [1.29, 1.82) is 0 Å². The SMILES string of the molecule is COc1cc(CN(C)CCc2ccncc2)c(Cl)cc1OC(C)C. The first-order valence-corrected chi connectivity index (χ1v) is 8.48. The largest absolute Gasteiger partial charge is 0.493 e. The summed E-state index contributed by atoms with van der Waals surface area (Å²) in [4.78, 5) is 6.28. The molecular formula is C19H25ClN2O2. The Morgan fingerprint density at radius 2 is 1.88 bits per heavy atom. The van der Waals surface area contributed by atoms with Gasteiger partial charge in [-0.3, -0.25) is 4.98 Å². The Morgan fingerprint density at radius 1 is 1.17 bits per heavy atom. The molecule has 1 aromatic carbocycles. The number of nitrogens with zero attached hydrogens (tertiary/aromatic N) is 2. The van der Waals surface area contributed by atoms with E-state index in [4.69, 9.17) is 21.1 Å². The van der Waals surface area contributed by atoms with Crippen LogP contribution in [0.5, 0.6) is 11.5 Å². The van der Waals surface area contributed by atoms with Gasteiger partial charge < -0.3 is 14.4 Å². The normalized spacial score (nSPS) is 11.1. The van der Waals surface area contributed by atoms with Crippen molar-refractivity contribution in [2.45, 2.75) is 32.9 Å². The third-order valence-electron chi connectivity index (χ3n) is 3.67. The van der Waals surface area contributed by atoms with E-state index in [1.807, 2.05) is 50.5 Å². The Balaban J connectivity index is 2.03. The summed E-state index contributed by atoms with van der Waals surface area (Å²) < 4.78 is 11.2. The maximum atomic E-state index is 6.43. The number of likely N-dealkylation sites (N-methyl/N-ethyl adjacent to an activating group) is 1. The first-order valence-electron chi connectivity index (χ1n) is 8.10. The van der Waals surface area contributed by atoms with Crippen LogP contribution < -0.4 is 9.47 Å². The van der Waals surface area contributed by atoms with Crippen molar-refractivity contribution in [3.05, 3.63) is 52.8 Å². The molecule has 0 saturated heterocycles. The van der Waals surface area contributed by atoms with Crippen LogP contribution in [-0.2, 0) is 13.0 Å². The summed E-state index contributed by atoms with van der Waals surface area (Å²) in [7, 11) is 3.73. The highest BCUT2D eigenvalue weighted by Crippen LogP contribution is 2.34. The van der Waals surface area contributed by atoms with E-state index in [9.17, 15) is 0 Å².